The van der Waals surface area contributed by atoms with Gasteiger partial charge in [0.25, 0.3) is 5.91 Å². The van der Waals surface area contributed by atoms with Gasteiger partial charge < -0.3 is 9.15 Å². The number of aryl methyl sites for hydroxylation is 1. The first-order valence-corrected chi connectivity index (χ1v) is 12.5. The molecule has 0 saturated heterocycles. The molecule has 2 aromatic carbocycles. The maximum absolute atomic E-state index is 13.6. The van der Waals surface area contributed by atoms with E-state index in [0.717, 1.165) is 22.2 Å². The van der Waals surface area contributed by atoms with Crippen molar-refractivity contribution in [3.05, 3.63) is 95.8 Å². The molecular weight excluding hydrogens is 480 g/mol. The summed E-state index contributed by atoms with van der Waals surface area (Å²) in [7, 11) is 0. The van der Waals surface area contributed by atoms with Gasteiger partial charge in [0.2, 0.25) is 0 Å². The number of furan rings is 1. The van der Waals surface area contributed by atoms with Gasteiger partial charge in [-0.25, -0.2) is 9.48 Å². The number of anilines is 1. The minimum Gasteiger partial charge on any atom is -0.462 e. The molecule has 0 bridgehead atoms. The van der Waals surface area contributed by atoms with E-state index in [0.29, 0.717) is 17.0 Å². The Labute approximate surface area is 220 Å². The van der Waals surface area contributed by atoms with Gasteiger partial charge in [-0.3, -0.25) is 14.7 Å². The van der Waals surface area contributed by atoms with Crippen LogP contribution in [0.15, 0.2) is 83.5 Å². The Morgan fingerprint density at radius 2 is 1.79 bits per heavy atom. The Bertz CT molecular complexity index is 1560. The fourth-order valence-electron chi connectivity index (χ4n) is 4.23. The molecule has 5 rings (SSSR count). The Hall–Kier alpha value is -4.72. The quantitative estimate of drug-likeness (QED) is 0.242. The van der Waals surface area contributed by atoms with Crippen molar-refractivity contribution in [2.45, 2.75) is 33.7 Å². The first-order valence-electron chi connectivity index (χ1n) is 12.5. The molecule has 0 unspecified atom stereocenters. The Kier molecular flexibility index (Phi) is 6.79. The number of rotatable bonds is 7. The standard InChI is InChI=1S/C30H28N4O4/c1-5-37-30(36)24-18-33(32-28(24)34(19(2)3)29(35)22-10-8-20(4)9-11-22)23-14-12-21(13-15-23)27-17-25-26(38-27)7-6-16-31-25/h6-19H,5H2,1-4H3. The fraction of sp³-hybridized carbons (Fsp3) is 0.200. The predicted molar refractivity (Wildman–Crippen MR) is 146 cm³/mol. The summed E-state index contributed by atoms with van der Waals surface area (Å²) in [5, 5.41) is 4.69. The number of pyridine rings is 1. The van der Waals surface area contributed by atoms with Crippen LogP contribution >= 0.6 is 0 Å². The summed E-state index contributed by atoms with van der Waals surface area (Å²) in [5.74, 6) is 0.164. The molecule has 1 amide bonds. The summed E-state index contributed by atoms with van der Waals surface area (Å²) < 4.78 is 12.8. The summed E-state index contributed by atoms with van der Waals surface area (Å²) in [4.78, 5) is 32.3. The third-order valence-corrected chi connectivity index (χ3v) is 6.16. The normalized spacial score (nSPS) is 11.2. The van der Waals surface area contributed by atoms with Crippen LogP contribution in [0.1, 0.15) is 47.1 Å². The topological polar surface area (TPSA) is 90.5 Å². The number of carbonyl (C=O) groups is 2. The summed E-state index contributed by atoms with van der Waals surface area (Å²) >= 11 is 0. The van der Waals surface area contributed by atoms with Crippen LogP contribution in [0.25, 0.3) is 28.1 Å². The molecule has 0 radical (unpaired) electrons. The summed E-state index contributed by atoms with van der Waals surface area (Å²) in [6, 6.07) is 20.3. The molecule has 0 aliphatic carbocycles. The monoisotopic (exact) mass is 508 g/mol. The summed E-state index contributed by atoms with van der Waals surface area (Å²) in [6.45, 7) is 7.68. The Balaban J connectivity index is 1.53. The van der Waals surface area contributed by atoms with E-state index in [1.807, 2.05) is 75.4 Å². The molecule has 0 aliphatic heterocycles. The third kappa shape index (κ3) is 4.80. The van der Waals surface area contributed by atoms with Gasteiger partial charge in [-0.2, -0.15) is 0 Å². The van der Waals surface area contributed by atoms with Crippen molar-refractivity contribution in [1.82, 2.24) is 14.8 Å². The average Bonchev–Trinajstić information content (AvgIpc) is 3.54. The first-order chi connectivity index (χ1) is 18.4. The second kappa shape index (κ2) is 10.3. The van der Waals surface area contributed by atoms with E-state index in [2.05, 4.69) is 4.98 Å². The lowest BCUT2D eigenvalue weighted by atomic mass is 10.1. The number of esters is 1. The van der Waals surface area contributed by atoms with Crippen LogP contribution in [0.4, 0.5) is 5.82 Å². The SMILES string of the molecule is CCOC(=O)c1cn(-c2ccc(-c3cc4ncccc4o3)cc2)nc1N(C(=O)c1ccc(C)cc1)C(C)C. The molecule has 3 heterocycles. The lowest BCUT2D eigenvalue weighted by Gasteiger charge is -2.25. The third-order valence-electron chi connectivity index (χ3n) is 6.16. The fourth-order valence-corrected chi connectivity index (χ4v) is 4.23. The number of ether oxygens (including phenoxy) is 1. The molecule has 3 aromatic heterocycles. The van der Waals surface area contributed by atoms with Crippen molar-refractivity contribution < 1.29 is 18.7 Å². The molecule has 8 heteroatoms. The van der Waals surface area contributed by atoms with Crippen LogP contribution in [0.5, 0.6) is 0 Å². The number of benzene rings is 2. The van der Waals surface area contributed by atoms with Gasteiger partial charge in [0.05, 0.1) is 12.3 Å². The molecule has 0 atom stereocenters. The minimum absolute atomic E-state index is 0.206. The lowest BCUT2D eigenvalue weighted by Crippen LogP contribution is -2.38. The zero-order valence-electron chi connectivity index (χ0n) is 21.7. The van der Waals surface area contributed by atoms with E-state index in [9.17, 15) is 9.59 Å². The second-order valence-corrected chi connectivity index (χ2v) is 9.21. The van der Waals surface area contributed by atoms with E-state index in [4.69, 9.17) is 14.3 Å². The first kappa shape index (κ1) is 25.0. The van der Waals surface area contributed by atoms with Crippen LogP contribution in [-0.4, -0.2) is 39.3 Å². The zero-order chi connectivity index (χ0) is 26.8. The van der Waals surface area contributed by atoms with E-state index < -0.39 is 5.97 Å². The van der Waals surface area contributed by atoms with Gasteiger partial charge >= 0.3 is 5.97 Å². The van der Waals surface area contributed by atoms with Crippen molar-refractivity contribution in [3.63, 3.8) is 0 Å². The highest BCUT2D eigenvalue weighted by Gasteiger charge is 2.30. The van der Waals surface area contributed by atoms with Crippen molar-refractivity contribution in [2.75, 3.05) is 11.5 Å². The minimum atomic E-state index is -0.539. The van der Waals surface area contributed by atoms with E-state index in [-0.39, 0.29) is 29.9 Å². The lowest BCUT2D eigenvalue weighted by molar-refractivity contribution is 0.0527. The molecule has 0 aliphatic rings. The van der Waals surface area contributed by atoms with E-state index in [1.54, 1.807) is 36.1 Å². The van der Waals surface area contributed by atoms with Crippen molar-refractivity contribution >= 4 is 28.8 Å². The van der Waals surface area contributed by atoms with Crippen LogP contribution in [0.3, 0.4) is 0 Å². The number of hydrogen-bond acceptors (Lipinski definition) is 6. The largest absolute Gasteiger partial charge is 0.462 e. The molecule has 0 fully saturated rings. The van der Waals surface area contributed by atoms with E-state index in [1.165, 1.54) is 4.90 Å². The number of amides is 1. The van der Waals surface area contributed by atoms with Gasteiger partial charge in [-0.15, -0.1) is 5.10 Å². The molecule has 5 aromatic rings. The Morgan fingerprint density at radius 3 is 2.45 bits per heavy atom. The molecule has 0 saturated carbocycles. The van der Waals surface area contributed by atoms with Crippen LogP contribution in [0, 0.1) is 6.92 Å². The number of nitrogens with zero attached hydrogens (tertiary/aromatic N) is 4. The number of aromatic nitrogens is 3. The predicted octanol–water partition coefficient (Wildman–Crippen LogP) is 6.22. The maximum Gasteiger partial charge on any atom is 0.343 e. The van der Waals surface area contributed by atoms with Gasteiger partial charge in [0.1, 0.15) is 16.8 Å². The van der Waals surface area contributed by atoms with Gasteiger partial charge in [0.15, 0.2) is 11.4 Å². The van der Waals surface area contributed by atoms with Crippen LogP contribution in [-0.2, 0) is 4.74 Å². The van der Waals surface area contributed by atoms with Gasteiger partial charge in [-0.1, -0.05) is 17.7 Å². The molecule has 0 N–H and O–H groups in total. The molecule has 38 heavy (non-hydrogen) atoms. The maximum atomic E-state index is 13.6. The number of fused-ring (bicyclic) bond motifs is 1. The Morgan fingerprint density at radius 1 is 1.05 bits per heavy atom. The smallest absolute Gasteiger partial charge is 0.343 e. The highest BCUT2D eigenvalue weighted by Crippen LogP contribution is 2.29. The average molecular weight is 509 g/mol. The van der Waals surface area contributed by atoms with Crippen LogP contribution < -0.4 is 4.90 Å². The molecular formula is C30H28N4O4. The van der Waals surface area contributed by atoms with E-state index >= 15 is 0 Å². The summed E-state index contributed by atoms with van der Waals surface area (Å²) in [5.41, 5.74) is 4.88. The van der Waals surface area contributed by atoms with Gasteiger partial charge in [0, 0.05) is 35.6 Å². The van der Waals surface area contributed by atoms with Crippen LogP contribution in [0.2, 0.25) is 0 Å². The highest BCUT2D eigenvalue weighted by molar-refractivity contribution is 6.09. The number of hydrogen-bond donors (Lipinski definition) is 0. The van der Waals surface area contributed by atoms with Gasteiger partial charge in [-0.05, 0) is 76.2 Å². The van der Waals surface area contributed by atoms with Crippen molar-refractivity contribution in [1.29, 1.82) is 0 Å². The molecule has 192 valence electrons. The van der Waals surface area contributed by atoms with Crippen molar-refractivity contribution in [2.24, 2.45) is 0 Å². The zero-order valence-corrected chi connectivity index (χ0v) is 21.7. The van der Waals surface area contributed by atoms with Crippen molar-refractivity contribution in [3.8, 4) is 17.0 Å². The number of carbonyl (C=O) groups excluding carboxylic acids is 2. The molecule has 8 nitrogen and oxygen atoms in total. The highest BCUT2D eigenvalue weighted by atomic mass is 16.5. The second-order valence-electron chi connectivity index (χ2n) is 9.21. The summed E-state index contributed by atoms with van der Waals surface area (Å²) in [6.07, 6.45) is 3.33. The molecule has 0 spiro atoms.